The molecule has 0 aliphatic carbocycles. The summed E-state index contributed by atoms with van der Waals surface area (Å²) in [5.41, 5.74) is 0. The summed E-state index contributed by atoms with van der Waals surface area (Å²) < 4.78 is 0. The Kier molecular flexibility index (Phi) is 12.4. The Hall–Kier alpha value is -2.58. The van der Waals surface area contributed by atoms with Gasteiger partial charge in [-0.2, -0.15) is 0 Å². The maximum Gasteiger partial charge on any atom is 2.00 e. The van der Waals surface area contributed by atoms with Crippen LogP contribution in [0.1, 0.15) is 0 Å². The molecule has 0 saturated heterocycles. The van der Waals surface area contributed by atoms with Crippen molar-refractivity contribution in [2.24, 2.45) is 0 Å². The Balaban J connectivity index is 0.000000184. The summed E-state index contributed by atoms with van der Waals surface area (Å²) in [6.45, 7) is 0. The first kappa shape index (κ1) is 31.4. The van der Waals surface area contributed by atoms with Crippen LogP contribution in [0, 0.1) is 0 Å². The van der Waals surface area contributed by atoms with Crippen molar-refractivity contribution in [2.75, 3.05) is 0 Å². The molecule has 0 bridgehead atoms. The van der Waals surface area contributed by atoms with Crippen LogP contribution < -0.4 is 31.8 Å². The van der Waals surface area contributed by atoms with E-state index < -0.39 is 15.8 Å². The van der Waals surface area contributed by atoms with Crippen molar-refractivity contribution in [3.8, 4) is 0 Å². The van der Waals surface area contributed by atoms with Gasteiger partial charge < -0.3 is 0 Å². The van der Waals surface area contributed by atoms with Crippen molar-refractivity contribution in [3.05, 3.63) is 180 Å². The normalized spacial score (nSPS) is 10.4. The van der Waals surface area contributed by atoms with Crippen LogP contribution >= 0.6 is 39.0 Å². The van der Waals surface area contributed by atoms with Crippen LogP contribution in [0.5, 0.6) is 0 Å². The molecule has 0 radical (unpaired) electrons. The number of benzene rings is 6. The molecule has 0 aliphatic heterocycles. The van der Waals surface area contributed by atoms with E-state index >= 15 is 0 Å². The third kappa shape index (κ3) is 8.25. The van der Waals surface area contributed by atoms with E-state index in [0.717, 1.165) is 10.0 Å². The zero-order valence-corrected chi connectivity index (χ0v) is 27.0. The summed E-state index contributed by atoms with van der Waals surface area (Å²) in [7, 11) is -1.20. The van der Waals surface area contributed by atoms with Gasteiger partial charge in [-0.1, -0.05) is 181 Å². The zero-order valence-electron chi connectivity index (χ0n) is 22.1. The molecule has 0 heterocycles. The summed E-state index contributed by atoms with van der Waals surface area (Å²) in [6, 6.07) is 58.6. The minimum absolute atomic E-state index is 0. The maximum absolute atomic E-state index is 6.43. The zero-order chi connectivity index (χ0) is 27.6. The summed E-state index contributed by atoms with van der Waals surface area (Å²) in [5.74, 6) is 0. The third-order valence-corrected chi connectivity index (χ3v) is 12.2. The Morgan fingerprint density at radius 1 is 0.293 bits per heavy atom. The molecule has 6 aromatic rings. The molecule has 0 N–H and O–H groups in total. The maximum atomic E-state index is 6.43. The Bertz CT molecular complexity index is 1410. The monoisotopic (exact) mass is 698 g/mol. The van der Waals surface area contributed by atoms with Gasteiger partial charge in [0.25, 0.3) is 0 Å². The number of halogens is 2. The van der Waals surface area contributed by atoms with E-state index in [-0.39, 0.29) is 20.4 Å². The SMILES string of the molecule is Clc1ccccc1P(c1ccccc1)c1ccccc1.Clc1ccccc1P(c1ccccc1)c1ccccc1.[Pd+2]. The van der Waals surface area contributed by atoms with E-state index in [4.69, 9.17) is 23.2 Å². The molecule has 0 aliphatic rings. The predicted molar refractivity (Wildman–Crippen MR) is 180 cm³/mol. The van der Waals surface area contributed by atoms with E-state index in [9.17, 15) is 0 Å². The van der Waals surface area contributed by atoms with Gasteiger partial charge in [0.2, 0.25) is 0 Å². The van der Waals surface area contributed by atoms with Gasteiger partial charge >= 0.3 is 20.4 Å². The average Bonchev–Trinajstić information content (AvgIpc) is 3.02. The fourth-order valence-corrected chi connectivity index (χ4v) is 9.84. The Morgan fingerprint density at radius 3 is 0.756 bits per heavy atom. The number of rotatable bonds is 6. The van der Waals surface area contributed by atoms with Gasteiger partial charge in [-0.25, -0.2) is 0 Å². The predicted octanol–water partition coefficient (Wildman–Crippen LogP) is 8.19. The number of hydrogen-bond acceptors (Lipinski definition) is 0. The van der Waals surface area contributed by atoms with Crippen molar-refractivity contribution in [2.45, 2.75) is 0 Å². The van der Waals surface area contributed by atoms with Crippen LogP contribution in [0.15, 0.2) is 170 Å². The summed E-state index contributed by atoms with van der Waals surface area (Å²) >= 11 is 12.9. The van der Waals surface area contributed by atoms with E-state index in [1.165, 1.54) is 31.8 Å². The summed E-state index contributed by atoms with van der Waals surface area (Å²) in [6.07, 6.45) is 0. The number of hydrogen-bond donors (Lipinski definition) is 0. The molecular weight excluding hydrogens is 672 g/mol. The van der Waals surface area contributed by atoms with Gasteiger partial charge in [-0.3, -0.25) is 0 Å². The second-order valence-electron chi connectivity index (χ2n) is 8.92. The molecule has 0 spiro atoms. The van der Waals surface area contributed by atoms with Gasteiger partial charge in [-0.05, 0) is 49.2 Å². The molecule has 0 fully saturated rings. The molecule has 0 aromatic heterocycles. The van der Waals surface area contributed by atoms with Gasteiger partial charge in [0, 0.05) is 20.7 Å². The van der Waals surface area contributed by atoms with Crippen LogP contribution in [-0.4, -0.2) is 0 Å². The largest absolute Gasteiger partial charge is 2.00 e. The van der Waals surface area contributed by atoms with Crippen molar-refractivity contribution in [1.82, 2.24) is 0 Å². The molecule has 0 atom stereocenters. The first-order valence-corrected chi connectivity index (χ1v) is 16.5. The summed E-state index contributed by atoms with van der Waals surface area (Å²) in [5, 5.41) is 9.38. The summed E-state index contributed by atoms with van der Waals surface area (Å²) in [4.78, 5) is 0. The van der Waals surface area contributed by atoms with Gasteiger partial charge in [0.1, 0.15) is 0 Å². The molecule has 6 rings (SSSR count). The van der Waals surface area contributed by atoms with Crippen molar-refractivity contribution in [3.63, 3.8) is 0 Å². The first-order chi connectivity index (χ1) is 19.7. The molecule has 204 valence electrons. The van der Waals surface area contributed by atoms with Crippen LogP contribution in [0.2, 0.25) is 10.0 Å². The quantitative estimate of drug-likeness (QED) is 0.122. The second-order valence-corrected chi connectivity index (χ2v) is 14.1. The second kappa shape index (κ2) is 16.2. The van der Waals surface area contributed by atoms with Crippen molar-refractivity contribution < 1.29 is 20.4 Å². The molecule has 6 aromatic carbocycles. The molecule has 0 unspecified atom stereocenters. The smallest absolute Gasteiger partial charge is 0.0836 e. The minimum Gasteiger partial charge on any atom is -0.0836 e. The molecular formula is C36H28Cl2P2Pd+2. The van der Waals surface area contributed by atoms with Crippen LogP contribution in [0.3, 0.4) is 0 Å². The first-order valence-electron chi connectivity index (χ1n) is 13.0. The molecule has 0 nitrogen and oxygen atoms in total. The van der Waals surface area contributed by atoms with Gasteiger partial charge in [0.05, 0.1) is 0 Å². The minimum atomic E-state index is -0.599. The van der Waals surface area contributed by atoms with Crippen molar-refractivity contribution >= 4 is 70.9 Å². The van der Waals surface area contributed by atoms with E-state index in [2.05, 4.69) is 146 Å². The van der Waals surface area contributed by atoms with Crippen molar-refractivity contribution in [1.29, 1.82) is 0 Å². The topological polar surface area (TPSA) is 0 Å². The molecule has 0 amide bonds. The molecule has 5 heteroatoms. The van der Waals surface area contributed by atoms with Gasteiger partial charge in [-0.15, -0.1) is 0 Å². The average molecular weight is 700 g/mol. The standard InChI is InChI=1S/2C18H14ClP.Pd/c2*19-17-13-7-8-14-18(17)20(15-9-3-1-4-10-15)16-11-5-2-6-12-16;/h2*1-14H;/q;;+2. The van der Waals surface area contributed by atoms with E-state index in [1.54, 1.807) is 0 Å². The molecule has 41 heavy (non-hydrogen) atoms. The van der Waals surface area contributed by atoms with E-state index in [1.807, 2.05) is 24.3 Å². The Morgan fingerprint density at radius 2 is 0.512 bits per heavy atom. The van der Waals surface area contributed by atoms with E-state index in [0.29, 0.717) is 0 Å². The Labute approximate surface area is 269 Å². The fourth-order valence-electron chi connectivity index (χ4n) is 4.43. The third-order valence-electron chi connectivity index (χ3n) is 6.24. The fraction of sp³-hybridized carbons (Fsp3) is 0. The van der Waals surface area contributed by atoms with Gasteiger partial charge in [0.15, 0.2) is 0 Å². The van der Waals surface area contributed by atoms with Crippen LogP contribution in [0.4, 0.5) is 0 Å². The van der Waals surface area contributed by atoms with Crippen LogP contribution in [-0.2, 0) is 20.4 Å². The van der Waals surface area contributed by atoms with Crippen LogP contribution in [0.25, 0.3) is 0 Å². The molecule has 0 saturated carbocycles.